The Bertz CT molecular complexity index is 938. The number of carbonyl (C=O) groups excluding carboxylic acids is 1. The minimum atomic E-state index is -0.0967. The van der Waals surface area contributed by atoms with Crippen LogP contribution in [0.1, 0.15) is 30.9 Å². The molecule has 1 amide bonds. The first-order valence-electron chi connectivity index (χ1n) is 10.9. The summed E-state index contributed by atoms with van der Waals surface area (Å²) in [6.07, 6.45) is 2.91. The van der Waals surface area contributed by atoms with Gasteiger partial charge in [0.25, 0.3) is 0 Å². The van der Waals surface area contributed by atoms with E-state index in [1.807, 2.05) is 6.07 Å². The number of nitrogens with zero attached hydrogens (tertiary/aromatic N) is 1. The molecule has 0 radical (unpaired) electrons. The topological polar surface area (TPSA) is 78.5 Å². The molecule has 2 aliphatic heterocycles. The molecule has 2 aliphatic rings. The van der Waals surface area contributed by atoms with Crippen LogP contribution in [0.25, 0.3) is 0 Å². The molecule has 0 spiro atoms. The van der Waals surface area contributed by atoms with E-state index in [9.17, 15) is 4.79 Å². The third-order valence-corrected chi connectivity index (χ3v) is 5.82. The third kappa shape index (κ3) is 4.70. The van der Waals surface area contributed by atoms with Crippen molar-refractivity contribution < 1.29 is 28.5 Å². The predicted octanol–water partition coefficient (Wildman–Crippen LogP) is 3.65. The molecule has 1 fully saturated rings. The van der Waals surface area contributed by atoms with Crippen molar-refractivity contribution in [3.8, 4) is 28.7 Å². The lowest BCUT2D eigenvalue weighted by Gasteiger charge is -2.25. The van der Waals surface area contributed by atoms with E-state index in [-0.39, 0.29) is 18.5 Å². The highest BCUT2D eigenvalue weighted by atomic mass is 16.5. The lowest BCUT2D eigenvalue weighted by Crippen LogP contribution is -2.33. The van der Waals surface area contributed by atoms with Crippen LogP contribution in [0.4, 0.5) is 5.69 Å². The molecule has 0 saturated carbocycles. The number of carbonyl (C=O) groups is 1. The van der Waals surface area contributed by atoms with Gasteiger partial charge in [0.1, 0.15) is 0 Å². The monoisotopic (exact) mass is 442 g/mol. The highest BCUT2D eigenvalue weighted by molar-refractivity contribution is 5.93. The highest BCUT2D eigenvalue weighted by Gasteiger charge is 2.29. The summed E-state index contributed by atoms with van der Waals surface area (Å²) >= 11 is 0. The van der Waals surface area contributed by atoms with Crippen LogP contribution >= 0.6 is 0 Å². The molecule has 0 bridgehead atoms. The number of fused-ring (bicyclic) bond motifs is 1. The maximum Gasteiger partial charge on any atom is 0.238 e. The van der Waals surface area contributed by atoms with Gasteiger partial charge >= 0.3 is 0 Å². The van der Waals surface area contributed by atoms with Crippen LogP contribution in [-0.2, 0) is 4.79 Å². The SMILES string of the molecule is COc1cc(NC(=O)CN2CCC[C@H]2c2ccc3c(c2)OCCCO3)cc(OC)c1OC. The summed E-state index contributed by atoms with van der Waals surface area (Å²) in [6.45, 7) is 2.47. The van der Waals surface area contributed by atoms with Crippen LogP contribution in [0, 0.1) is 0 Å². The average molecular weight is 443 g/mol. The number of amides is 1. The van der Waals surface area contributed by atoms with Gasteiger partial charge in [-0.3, -0.25) is 9.69 Å². The molecule has 1 atom stereocenters. The van der Waals surface area contributed by atoms with Gasteiger partial charge in [-0.1, -0.05) is 6.07 Å². The average Bonchev–Trinajstić information content (AvgIpc) is 3.13. The standard InChI is InChI=1S/C24H30N2O6/c1-28-21-13-17(14-22(29-2)24(21)30-3)25-23(27)15-26-9-4-6-18(26)16-7-8-19-20(12-16)32-11-5-10-31-19/h7-8,12-14,18H,4-6,9-11,15H2,1-3H3,(H,25,27)/t18-/m0/s1. The van der Waals surface area contributed by atoms with Gasteiger partial charge in [-0.25, -0.2) is 0 Å². The molecule has 0 unspecified atom stereocenters. The maximum absolute atomic E-state index is 12.9. The Hall–Kier alpha value is -3.13. The highest BCUT2D eigenvalue weighted by Crippen LogP contribution is 2.40. The van der Waals surface area contributed by atoms with Crippen LogP contribution in [0.2, 0.25) is 0 Å². The van der Waals surface area contributed by atoms with E-state index in [1.54, 1.807) is 33.5 Å². The lowest BCUT2D eigenvalue weighted by atomic mass is 10.0. The fraction of sp³-hybridized carbons (Fsp3) is 0.458. The molecule has 0 aromatic heterocycles. The zero-order valence-electron chi connectivity index (χ0n) is 18.8. The van der Waals surface area contributed by atoms with Gasteiger partial charge in [-0.15, -0.1) is 0 Å². The van der Waals surface area contributed by atoms with Gasteiger partial charge in [-0.05, 0) is 37.1 Å². The van der Waals surface area contributed by atoms with Crippen molar-refractivity contribution in [2.45, 2.75) is 25.3 Å². The first-order valence-corrected chi connectivity index (χ1v) is 10.9. The number of hydrogen-bond acceptors (Lipinski definition) is 7. The second-order valence-electron chi connectivity index (χ2n) is 7.85. The zero-order chi connectivity index (χ0) is 22.5. The van der Waals surface area contributed by atoms with Crippen molar-refractivity contribution in [2.75, 3.05) is 52.9 Å². The molecule has 2 aromatic carbocycles. The van der Waals surface area contributed by atoms with Crippen molar-refractivity contribution in [3.63, 3.8) is 0 Å². The Balaban J connectivity index is 1.46. The predicted molar refractivity (Wildman–Crippen MR) is 120 cm³/mol. The summed E-state index contributed by atoms with van der Waals surface area (Å²) in [5.41, 5.74) is 1.74. The molecule has 8 heteroatoms. The number of anilines is 1. The second kappa shape index (κ2) is 9.99. The lowest BCUT2D eigenvalue weighted by molar-refractivity contribution is -0.117. The number of hydrogen-bond donors (Lipinski definition) is 1. The summed E-state index contributed by atoms with van der Waals surface area (Å²) in [6, 6.07) is 9.73. The largest absolute Gasteiger partial charge is 0.493 e. The normalized spacial score (nSPS) is 18.0. The fourth-order valence-electron chi connectivity index (χ4n) is 4.32. The Morgan fingerprint density at radius 2 is 1.72 bits per heavy atom. The van der Waals surface area contributed by atoms with Crippen LogP contribution in [-0.4, -0.2) is 58.4 Å². The summed E-state index contributed by atoms with van der Waals surface area (Å²) in [5.74, 6) is 2.95. The van der Waals surface area contributed by atoms with Crippen LogP contribution in [0.15, 0.2) is 30.3 Å². The van der Waals surface area contributed by atoms with E-state index in [1.165, 1.54) is 0 Å². The molecule has 172 valence electrons. The third-order valence-electron chi connectivity index (χ3n) is 5.82. The zero-order valence-corrected chi connectivity index (χ0v) is 18.8. The summed E-state index contributed by atoms with van der Waals surface area (Å²) < 4.78 is 27.7. The number of methoxy groups -OCH3 is 3. The summed E-state index contributed by atoms with van der Waals surface area (Å²) in [7, 11) is 4.64. The number of nitrogens with one attached hydrogen (secondary N) is 1. The minimum Gasteiger partial charge on any atom is -0.493 e. The molecule has 8 nitrogen and oxygen atoms in total. The van der Waals surface area contributed by atoms with E-state index in [4.69, 9.17) is 23.7 Å². The van der Waals surface area contributed by atoms with Crippen molar-refractivity contribution in [1.29, 1.82) is 0 Å². The Morgan fingerprint density at radius 3 is 2.41 bits per heavy atom. The molecule has 2 heterocycles. The molecule has 1 N–H and O–H groups in total. The van der Waals surface area contributed by atoms with E-state index >= 15 is 0 Å². The number of benzene rings is 2. The van der Waals surface area contributed by atoms with E-state index in [0.717, 1.165) is 42.9 Å². The Kier molecular flexibility index (Phi) is 6.90. The van der Waals surface area contributed by atoms with Crippen LogP contribution in [0.3, 0.4) is 0 Å². The molecular formula is C24H30N2O6. The first kappa shape index (κ1) is 22.1. The van der Waals surface area contributed by atoms with E-state index < -0.39 is 0 Å². The number of rotatable bonds is 7. The smallest absolute Gasteiger partial charge is 0.238 e. The second-order valence-corrected chi connectivity index (χ2v) is 7.85. The van der Waals surface area contributed by atoms with Crippen molar-refractivity contribution in [1.82, 2.24) is 4.90 Å². The number of likely N-dealkylation sites (tertiary alicyclic amines) is 1. The maximum atomic E-state index is 12.9. The van der Waals surface area contributed by atoms with Gasteiger partial charge in [0.05, 0.1) is 41.1 Å². The van der Waals surface area contributed by atoms with Crippen LogP contribution in [0.5, 0.6) is 28.7 Å². The summed E-state index contributed by atoms with van der Waals surface area (Å²) in [4.78, 5) is 15.1. The number of ether oxygens (including phenoxy) is 5. The Morgan fingerprint density at radius 1 is 1.00 bits per heavy atom. The Labute approximate surface area is 188 Å². The molecule has 32 heavy (non-hydrogen) atoms. The first-order chi connectivity index (χ1) is 15.6. The summed E-state index contributed by atoms with van der Waals surface area (Å²) in [5, 5.41) is 2.96. The van der Waals surface area contributed by atoms with Gasteiger partial charge < -0.3 is 29.0 Å². The van der Waals surface area contributed by atoms with Gasteiger partial charge in [0.2, 0.25) is 11.7 Å². The van der Waals surface area contributed by atoms with Gasteiger partial charge in [0, 0.05) is 30.3 Å². The molecule has 0 aliphatic carbocycles. The quantitative estimate of drug-likeness (QED) is 0.701. The van der Waals surface area contributed by atoms with E-state index in [0.29, 0.717) is 36.1 Å². The van der Waals surface area contributed by atoms with E-state index in [2.05, 4.69) is 22.3 Å². The molecule has 1 saturated heterocycles. The minimum absolute atomic E-state index is 0.0967. The fourth-order valence-corrected chi connectivity index (χ4v) is 4.32. The molecule has 4 rings (SSSR count). The van der Waals surface area contributed by atoms with Crippen LogP contribution < -0.4 is 29.0 Å². The molecule has 2 aromatic rings. The van der Waals surface area contributed by atoms with Crippen molar-refractivity contribution >= 4 is 11.6 Å². The molecular weight excluding hydrogens is 412 g/mol. The van der Waals surface area contributed by atoms with Gasteiger partial charge in [0.15, 0.2) is 23.0 Å². The van der Waals surface area contributed by atoms with Crippen molar-refractivity contribution in [2.24, 2.45) is 0 Å². The van der Waals surface area contributed by atoms with Gasteiger partial charge in [-0.2, -0.15) is 0 Å². The van der Waals surface area contributed by atoms with Crippen molar-refractivity contribution in [3.05, 3.63) is 35.9 Å².